The van der Waals surface area contributed by atoms with Crippen LogP contribution in [0.25, 0.3) is 5.70 Å². The van der Waals surface area contributed by atoms with Gasteiger partial charge in [-0.25, -0.2) is 0 Å². The molecule has 3 heterocycles. The first-order chi connectivity index (χ1) is 13.2. The van der Waals surface area contributed by atoms with Gasteiger partial charge in [0, 0.05) is 23.3 Å². The second-order valence-corrected chi connectivity index (χ2v) is 6.38. The molecule has 0 saturated heterocycles. The quantitative estimate of drug-likeness (QED) is 0.557. The largest absolute Gasteiger partial charge is 0.469 e. The Morgan fingerprint density at radius 3 is 2.59 bits per heavy atom. The number of ether oxygens (including phenoxy) is 1. The molecule has 2 aliphatic heterocycles. The zero-order valence-corrected chi connectivity index (χ0v) is 14.1. The number of nitrogens with zero attached hydrogens (tertiary/aromatic N) is 2. The van der Waals surface area contributed by atoms with Crippen molar-refractivity contribution in [3.05, 3.63) is 100 Å². The molecule has 2 unspecified atom stereocenters. The number of hydrogen-bond acceptors (Lipinski definition) is 6. The van der Waals surface area contributed by atoms with E-state index in [9.17, 15) is 10.1 Å². The highest BCUT2D eigenvalue weighted by Gasteiger charge is 2.40. The highest BCUT2D eigenvalue weighted by atomic mass is 16.6. The summed E-state index contributed by atoms with van der Waals surface area (Å²) in [6, 6.07) is 18.0. The van der Waals surface area contributed by atoms with Crippen molar-refractivity contribution in [3.8, 4) is 5.75 Å². The lowest BCUT2D eigenvalue weighted by molar-refractivity contribution is -0.384. The zero-order valence-electron chi connectivity index (χ0n) is 14.1. The highest BCUT2D eigenvalue weighted by molar-refractivity contribution is 5.64. The van der Waals surface area contributed by atoms with Crippen LogP contribution in [0.1, 0.15) is 29.2 Å². The van der Waals surface area contributed by atoms with Gasteiger partial charge in [0.1, 0.15) is 5.75 Å². The van der Waals surface area contributed by atoms with Crippen molar-refractivity contribution in [2.75, 3.05) is 0 Å². The minimum Gasteiger partial charge on any atom is -0.469 e. The SMILES string of the molecule is O=[N+]([O-])c1ccc(C2Oc3ccccc3C3C=C(c4ccco4)NN32)cc1. The van der Waals surface area contributed by atoms with Crippen molar-refractivity contribution < 1.29 is 14.1 Å². The van der Waals surface area contributed by atoms with Crippen molar-refractivity contribution in [1.82, 2.24) is 10.4 Å². The molecule has 0 fully saturated rings. The first kappa shape index (κ1) is 15.7. The topological polar surface area (TPSA) is 80.8 Å². The smallest absolute Gasteiger partial charge is 0.269 e. The van der Waals surface area contributed by atoms with E-state index in [-0.39, 0.29) is 11.7 Å². The summed E-state index contributed by atoms with van der Waals surface area (Å²) < 4.78 is 11.7. The summed E-state index contributed by atoms with van der Waals surface area (Å²) in [6.45, 7) is 0. The molecule has 0 radical (unpaired) electrons. The molecule has 5 rings (SSSR count). The molecule has 7 nitrogen and oxygen atoms in total. The van der Waals surface area contributed by atoms with E-state index in [1.807, 2.05) is 41.4 Å². The molecule has 0 bridgehead atoms. The monoisotopic (exact) mass is 361 g/mol. The molecule has 1 aromatic heterocycles. The minimum absolute atomic E-state index is 0.0461. The number of para-hydroxylation sites is 1. The van der Waals surface area contributed by atoms with Crippen molar-refractivity contribution in [2.24, 2.45) is 0 Å². The van der Waals surface area contributed by atoms with Gasteiger partial charge in [0.25, 0.3) is 5.69 Å². The highest BCUT2D eigenvalue weighted by Crippen LogP contribution is 2.45. The lowest BCUT2D eigenvalue weighted by atomic mass is 10.0. The lowest BCUT2D eigenvalue weighted by Gasteiger charge is -2.38. The molecule has 134 valence electrons. The van der Waals surface area contributed by atoms with E-state index >= 15 is 0 Å². The fourth-order valence-electron chi connectivity index (χ4n) is 3.50. The van der Waals surface area contributed by atoms with E-state index in [4.69, 9.17) is 9.15 Å². The van der Waals surface area contributed by atoms with Crippen LogP contribution in [-0.2, 0) is 0 Å². The molecular weight excluding hydrogens is 346 g/mol. The van der Waals surface area contributed by atoms with Gasteiger partial charge in [0.05, 0.1) is 22.9 Å². The second-order valence-electron chi connectivity index (χ2n) is 6.38. The van der Waals surface area contributed by atoms with Crippen LogP contribution in [0.4, 0.5) is 5.69 Å². The van der Waals surface area contributed by atoms with E-state index in [2.05, 4.69) is 11.5 Å². The standard InChI is InChI=1S/C20H15N3O4/c24-23(25)14-9-7-13(8-10-14)20-22-17(15-4-1-2-5-18(15)27-20)12-16(21-22)19-6-3-11-26-19/h1-12,17,20-21H. The van der Waals surface area contributed by atoms with Gasteiger partial charge in [0.2, 0.25) is 0 Å². The van der Waals surface area contributed by atoms with Crippen molar-refractivity contribution in [1.29, 1.82) is 0 Å². The molecule has 27 heavy (non-hydrogen) atoms. The number of nitro groups is 1. The number of nitro benzene ring substituents is 1. The molecule has 2 aromatic carbocycles. The van der Waals surface area contributed by atoms with Gasteiger partial charge in [-0.1, -0.05) is 18.2 Å². The third kappa shape index (κ3) is 2.56. The molecule has 0 amide bonds. The number of hydrogen-bond donors (Lipinski definition) is 1. The predicted octanol–water partition coefficient (Wildman–Crippen LogP) is 4.18. The Balaban J connectivity index is 1.56. The van der Waals surface area contributed by atoms with Gasteiger partial charge < -0.3 is 14.6 Å². The maximum absolute atomic E-state index is 10.9. The Kier molecular flexibility index (Phi) is 3.48. The van der Waals surface area contributed by atoms with Crippen LogP contribution >= 0.6 is 0 Å². The van der Waals surface area contributed by atoms with E-state index < -0.39 is 11.2 Å². The molecule has 0 spiro atoms. The fourth-order valence-corrected chi connectivity index (χ4v) is 3.50. The van der Waals surface area contributed by atoms with Crippen LogP contribution in [0.5, 0.6) is 5.75 Å². The van der Waals surface area contributed by atoms with Crippen LogP contribution in [0.3, 0.4) is 0 Å². The number of non-ortho nitro benzene ring substituents is 1. The van der Waals surface area contributed by atoms with Crippen LogP contribution in [0.2, 0.25) is 0 Å². The van der Waals surface area contributed by atoms with Crippen LogP contribution in [-0.4, -0.2) is 9.93 Å². The molecule has 2 aliphatic rings. The average molecular weight is 361 g/mol. The van der Waals surface area contributed by atoms with Gasteiger partial charge in [-0.05, 0) is 36.4 Å². The summed E-state index contributed by atoms with van der Waals surface area (Å²) in [6.07, 6.45) is 3.29. The van der Waals surface area contributed by atoms with Crippen LogP contribution in [0, 0.1) is 10.1 Å². The van der Waals surface area contributed by atoms with E-state index in [1.54, 1.807) is 18.4 Å². The fraction of sp³-hybridized carbons (Fsp3) is 0.100. The first-order valence-electron chi connectivity index (χ1n) is 8.51. The summed E-state index contributed by atoms with van der Waals surface area (Å²) in [7, 11) is 0. The van der Waals surface area contributed by atoms with E-state index in [0.29, 0.717) is 0 Å². The molecule has 7 heteroatoms. The normalized spacial score (nSPS) is 20.8. The molecular formula is C20H15N3O4. The molecule has 2 atom stereocenters. The summed E-state index contributed by atoms with van der Waals surface area (Å²) in [5.74, 6) is 1.53. The third-order valence-electron chi connectivity index (χ3n) is 4.78. The molecule has 3 aromatic rings. The summed E-state index contributed by atoms with van der Waals surface area (Å²) in [5, 5.41) is 12.9. The molecule has 0 aliphatic carbocycles. The minimum atomic E-state index is -0.436. The number of nitrogens with one attached hydrogen (secondary N) is 1. The van der Waals surface area contributed by atoms with E-state index in [0.717, 1.165) is 28.3 Å². The van der Waals surface area contributed by atoms with E-state index in [1.165, 1.54) is 12.1 Å². The second kappa shape index (κ2) is 6.00. The van der Waals surface area contributed by atoms with Gasteiger partial charge in [-0.15, -0.1) is 0 Å². The third-order valence-corrected chi connectivity index (χ3v) is 4.78. The van der Waals surface area contributed by atoms with Crippen LogP contribution < -0.4 is 10.2 Å². The zero-order chi connectivity index (χ0) is 18.4. The van der Waals surface area contributed by atoms with Gasteiger partial charge in [-0.3, -0.25) is 10.1 Å². The number of rotatable bonds is 3. The molecule has 0 saturated carbocycles. The molecule has 1 N–H and O–H groups in total. The van der Waals surface area contributed by atoms with Crippen molar-refractivity contribution in [3.63, 3.8) is 0 Å². The Labute approximate surface area is 154 Å². The van der Waals surface area contributed by atoms with Crippen LogP contribution in [0.15, 0.2) is 77.4 Å². The number of fused-ring (bicyclic) bond motifs is 3. The first-order valence-corrected chi connectivity index (χ1v) is 8.51. The Morgan fingerprint density at radius 2 is 1.85 bits per heavy atom. The Bertz CT molecular complexity index is 1030. The summed E-state index contributed by atoms with van der Waals surface area (Å²) >= 11 is 0. The number of hydrazine groups is 1. The lowest BCUT2D eigenvalue weighted by Crippen LogP contribution is -2.43. The number of benzene rings is 2. The van der Waals surface area contributed by atoms with Crippen molar-refractivity contribution in [2.45, 2.75) is 12.3 Å². The average Bonchev–Trinajstić information content (AvgIpc) is 3.37. The number of furan rings is 1. The van der Waals surface area contributed by atoms with Gasteiger partial charge in [-0.2, -0.15) is 5.01 Å². The predicted molar refractivity (Wildman–Crippen MR) is 97.3 cm³/mol. The maximum atomic E-state index is 10.9. The maximum Gasteiger partial charge on any atom is 0.269 e. The Hall–Kier alpha value is -3.58. The van der Waals surface area contributed by atoms with Gasteiger partial charge in [0.15, 0.2) is 12.0 Å². The Morgan fingerprint density at radius 1 is 1.04 bits per heavy atom. The summed E-state index contributed by atoms with van der Waals surface area (Å²) in [4.78, 5) is 10.5. The van der Waals surface area contributed by atoms with Gasteiger partial charge >= 0.3 is 0 Å². The summed E-state index contributed by atoms with van der Waals surface area (Å²) in [5.41, 5.74) is 6.14. The van der Waals surface area contributed by atoms with Crippen molar-refractivity contribution >= 4 is 11.4 Å².